The maximum absolute atomic E-state index is 12.9. The second kappa shape index (κ2) is 7.22. The molecule has 0 bridgehead atoms. The Bertz CT molecular complexity index is 1110. The predicted molar refractivity (Wildman–Crippen MR) is 104 cm³/mol. The molecule has 142 valence electrons. The van der Waals surface area contributed by atoms with E-state index in [1.807, 2.05) is 57.3 Å². The van der Waals surface area contributed by atoms with Crippen LogP contribution in [0.25, 0.3) is 11.5 Å². The Kier molecular flexibility index (Phi) is 4.60. The van der Waals surface area contributed by atoms with Gasteiger partial charge in [-0.1, -0.05) is 32.0 Å². The van der Waals surface area contributed by atoms with Gasteiger partial charge < -0.3 is 5.32 Å². The molecule has 0 fully saturated rings. The first-order valence-corrected chi connectivity index (χ1v) is 9.15. The molecule has 0 unspecified atom stereocenters. The molecule has 1 atom stereocenters. The van der Waals surface area contributed by atoms with Gasteiger partial charge in [0, 0.05) is 12.4 Å². The van der Waals surface area contributed by atoms with Crippen LogP contribution < -0.4 is 5.32 Å². The first kappa shape index (κ1) is 17.8. The zero-order valence-electron chi connectivity index (χ0n) is 15.9. The Morgan fingerprint density at radius 3 is 2.68 bits per heavy atom. The van der Waals surface area contributed by atoms with Gasteiger partial charge in [-0.15, -0.1) is 0 Å². The van der Waals surface area contributed by atoms with Gasteiger partial charge in [0.2, 0.25) is 0 Å². The van der Waals surface area contributed by atoms with E-state index in [9.17, 15) is 4.79 Å². The third-order valence-corrected chi connectivity index (χ3v) is 4.61. The molecule has 1 amide bonds. The largest absolute Gasteiger partial charge is 0.344 e. The van der Waals surface area contributed by atoms with Crippen LogP contribution in [0.2, 0.25) is 0 Å². The lowest BCUT2D eigenvalue weighted by Crippen LogP contribution is -2.28. The number of nitrogens with one attached hydrogen (secondary N) is 1. The molecule has 0 radical (unpaired) electrons. The summed E-state index contributed by atoms with van der Waals surface area (Å²) in [5, 5.41) is 11.5. The predicted octanol–water partition coefficient (Wildman–Crippen LogP) is 2.92. The summed E-state index contributed by atoms with van der Waals surface area (Å²) < 4.78 is 3.45. The topological polar surface area (TPSA) is 90.0 Å². The van der Waals surface area contributed by atoms with Gasteiger partial charge in [0.1, 0.15) is 12.0 Å². The van der Waals surface area contributed by atoms with Crippen LogP contribution in [0.15, 0.2) is 55.1 Å². The van der Waals surface area contributed by atoms with Crippen LogP contribution in [-0.2, 0) is 0 Å². The molecule has 0 saturated carbocycles. The lowest BCUT2D eigenvalue weighted by Gasteiger charge is -2.18. The number of aromatic nitrogens is 6. The lowest BCUT2D eigenvalue weighted by atomic mass is 10.1. The fourth-order valence-electron chi connectivity index (χ4n) is 3.18. The van der Waals surface area contributed by atoms with Crippen molar-refractivity contribution in [1.82, 2.24) is 34.7 Å². The number of benzene rings is 1. The van der Waals surface area contributed by atoms with E-state index in [0.717, 1.165) is 16.9 Å². The van der Waals surface area contributed by atoms with Crippen molar-refractivity contribution >= 4 is 11.7 Å². The number of carbonyl (C=O) groups excluding carboxylic acids is 1. The van der Waals surface area contributed by atoms with Crippen molar-refractivity contribution < 1.29 is 4.79 Å². The smallest absolute Gasteiger partial charge is 0.270 e. The summed E-state index contributed by atoms with van der Waals surface area (Å²) in [5.74, 6) is 0.341. The molecule has 0 saturated heterocycles. The molecule has 8 heteroatoms. The number of fused-ring (bicyclic) bond motifs is 1. The highest BCUT2D eigenvalue weighted by atomic mass is 16.1. The minimum absolute atomic E-state index is 0.178. The summed E-state index contributed by atoms with van der Waals surface area (Å²) >= 11 is 0. The van der Waals surface area contributed by atoms with Gasteiger partial charge in [-0.2, -0.15) is 15.2 Å². The third-order valence-electron chi connectivity index (χ3n) is 4.61. The average molecular weight is 375 g/mol. The minimum Gasteiger partial charge on any atom is -0.344 e. The summed E-state index contributed by atoms with van der Waals surface area (Å²) in [5.41, 5.74) is 3.10. The van der Waals surface area contributed by atoms with Gasteiger partial charge in [0.15, 0.2) is 0 Å². The maximum atomic E-state index is 12.9. The number of hydrogen-bond acceptors (Lipinski definition) is 5. The lowest BCUT2D eigenvalue weighted by molar-refractivity contribution is 0.0934. The van der Waals surface area contributed by atoms with Gasteiger partial charge in [-0.25, -0.2) is 14.2 Å². The molecule has 1 aromatic carbocycles. The molecule has 3 heterocycles. The molecule has 4 rings (SSSR count). The van der Waals surface area contributed by atoms with E-state index < -0.39 is 0 Å². The molecular weight excluding hydrogens is 354 g/mol. The minimum atomic E-state index is -0.254. The number of rotatable bonds is 5. The first-order valence-electron chi connectivity index (χ1n) is 9.15. The zero-order chi connectivity index (χ0) is 19.7. The number of carbonyl (C=O) groups is 1. The number of para-hydroxylation sites is 1. The van der Waals surface area contributed by atoms with Crippen molar-refractivity contribution in [3.8, 4) is 5.69 Å². The van der Waals surface area contributed by atoms with Gasteiger partial charge in [0.05, 0.1) is 17.4 Å². The first-order chi connectivity index (χ1) is 13.5. The summed E-state index contributed by atoms with van der Waals surface area (Å²) in [4.78, 5) is 21.4. The molecular formula is C20H21N7O. The third kappa shape index (κ3) is 3.24. The van der Waals surface area contributed by atoms with Gasteiger partial charge in [-0.3, -0.25) is 4.79 Å². The van der Waals surface area contributed by atoms with Crippen LogP contribution in [0.1, 0.15) is 54.5 Å². The molecule has 28 heavy (non-hydrogen) atoms. The molecule has 3 aromatic heterocycles. The quantitative estimate of drug-likeness (QED) is 0.579. The zero-order valence-corrected chi connectivity index (χ0v) is 15.9. The molecule has 1 N–H and O–H groups in total. The molecule has 0 aliphatic heterocycles. The number of hydrogen-bond donors (Lipinski definition) is 1. The highest BCUT2D eigenvalue weighted by molar-refractivity contribution is 5.93. The van der Waals surface area contributed by atoms with Crippen molar-refractivity contribution in [3.05, 3.63) is 72.1 Å². The molecule has 0 aliphatic rings. The van der Waals surface area contributed by atoms with Crippen LogP contribution >= 0.6 is 0 Å². The van der Waals surface area contributed by atoms with Gasteiger partial charge in [-0.05, 0) is 36.6 Å². The molecule has 0 spiro atoms. The van der Waals surface area contributed by atoms with Gasteiger partial charge in [0.25, 0.3) is 11.7 Å². The van der Waals surface area contributed by atoms with Crippen LogP contribution in [0.4, 0.5) is 0 Å². The van der Waals surface area contributed by atoms with E-state index in [2.05, 4.69) is 25.5 Å². The van der Waals surface area contributed by atoms with E-state index in [-0.39, 0.29) is 17.9 Å². The van der Waals surface area contributed by atoms with Crippen molar-refractivity contribution in [2.45, 2.75) is 32.7 Å². The van der Waals surface area contributed by atoms with E-state index in [1.165, 1.54) is 6.33 Å². The van der Waals surface area contributed by atoms with E-state index in [1.54, 1.807) is 21.5 Å². The monoisotopic (exact) mass is 375 g/mol. The van der Waals surface area contributed by atoms with Gasteiger partial charge >= 0.3 is 0 Å². The number of amides is 1. The maximum Gasteiger partial charge on any atom is 0.270 e. The van der Waals surface area contributed by atoms with Crippen LogP contribution in [0.3, 0.4) is 0 Å². The average Bonchev–Trinajstić information content (AvgIpc) is 3.38. The second-order valence-corrected chi connectivity index (χ2v) is 6.90. The highest BCUT2D eigenvalue weighted by Crippen LogP contribution is 2.22. The number of nitrogens with zero attached hydrogens (tertiary/aromatic N) is 6. The summed E-state index contributed by atoms with van der Waals surface area (Å²) in [6, 6.07) is 11.3. The van der Waals surface area contributed by atoms with Crippen molar-refractivity contribution in [2.75, 3.05) is 0 Å². The van der Waals surface area contributed by atoms with Crippen LogP contribution in [0.5, 0.6) is 0 Å². The SMILES string of the molecule is CC(C)c1cc(C(=O)N[C@@H](C)c2ccccc2-n2cccn2)nc2ncnn12. The Hall–Kier alpha value is -3.55. The fraction of sp³-hybridized carbons (Fsp3) is 0.250. The molecule has 0 aliphatic carbocycles. The Morgan fingerprint density at radius 1 is 1.11 bits per heavy atom. The molecule has 8 nitrogen and oxygen atoms in total. The Morgan fingerprint density at radius 2 is 1.93 bits per heavy atom. The van der Waals surface area contributed by atoms with E-state index in [0.29, 0.717) is 11.5 Å². The van der Waals surface area contributed by atoms with Crippen molar-refractivity contribution in [3.63, 3.8) is 0 Å². The van der Waals surface area contributed by atoms with E-state index >= 15 is 0 Å². The standard InChI is InChI=1S/C20H21N7O/c1-13(2)18-11-16(25-20-21-12-23-27(18)20)19(28)24-14(3)15-7-4-5-8-17(15)26-10-6-9-22-26/h4-14H,1-3H3,(H,24,28)/t14-/m0/s1. The van der Waals surface area contributed by atoms with E-state index in [4.69, 9.17) is 0 Å². The fourth-order valence-corrected chi connectivity index (χ4v) is 3.18. The van der Waals surface area contributed by atoms with Crippen molar-refractivity contribution in [2.24, 2.45) is 0 Å². The van der Waals surface area contributed by atoms with Crippen LogP contribution in [0, 0.1) is 0 Å². The Labute approximate surface area is 162 Å². The normalized spacial score (nSPS) is 12.4. The van der Waals surface area contributed by atoms with Crippen LogP contribution in [-0.4, -0.2) is 35.3 Å². The molecule has 4 aromatic rings. The second-order valence-electron chi connectivity index (χ2n) is 6.90. The summed E-state index contributed by atoms with van der Waals surface area (Å²) in [6.45, 7) is 6.03. The summed E-state index contributed by atoms with van der Waals surface area (Å²) in [6.07, 6.45) is 5.05. The Balaban J connectivity index is 1.64. The highest BCUT2D eigenvalue weighted by Gasteiger charge is 2.19. The van der Waals surface area contributed by atoms with Crippen molar-refractivity contribution in [1.29, 1.82) is 0 Å². The summed E-state index contributed by atoms with van der Waals surface area (Å²) in [7, 11) is 0.